The lowest BCUT2D eigenvalue weighted by Crippen LogP contribution is -2.66. The Bertz CT molecular complexity index is 265. The van der Waals surface area contributed by atoms with Crippen LogP contribution in [0.4, 0.5) is 0 Å². The van der Waals surface area contributed by atoms with Crippen molar-refractivity contribution in [1.29, 1.82) is 0 Å². The molecule has 2 spiro atoms. The predicted octanol–water partition coefficient (Wildman–Crippen LogP) is 3.16. The lowest BCUT2D eigenvalue weighted by atomic mass is 9.65. The number of hydroxylamine groups is 2. The Morgan fingerprint density at radius 3 is 1.56 bits per heavy atom. The first-order valence-corrected chi connectivity index (χ1v) is 7.90. The van der Waals surface area contributed by atoms with E-state index in [1.165, 1.54) is 38.5 Å². The van der Waals surface area contributed by atoms with Crippen LogP contribution in [0.25, 0.3) is 0 Å². The summed E-state index contributed by atoms with van der Waals surface area (Å²) in [6.07, 6.45) is 13.7. The minimum atomic E-state index is -0.0900. The van der Waals surface area contributed by atoms with E-state index in [4.69, 9.17) is 5.73 Å². The fourth-order valence-electron chi connectivity index (χ4n) is 4.95. The number of piperidine rings is 1. The van der Waals surface area contributed by atoms with Gasteiger partial charge < -0.3 is 5.73 Å². The molecule has 103 valence electrons. The summed E-state index contributed by atoms with van der Waals surface area (Å²) < 4.78 is 0. The Morgan fingerprint density at radius 1 is 0.778 bits per heavy atom. The van der Waals surface area contributed by atoms with E-state index in [9.17, 15) is 5.21 Å². The van der Waals surface area contributed by atoms with Crippen molar-refractivity contribution in [1.82, 2.24) is 5.06 Å². The van der Waals surface area contributed by atoms with Crippen LogP contribution in [-0.4, -0.2) is 22.2 Å². The molecule has 3 aliphatic rings. The Kier molecular flexibility index (Phi) is 3.41. The van der Waals surface area contributed by atoms with E-state index < -0.39 is 0 Å². The SMILES string of the molecule is NC1CC2(CCCCC2)N([O])C2(CCCCC2)C1. The lowest BCUT2D eigenvalue weighted by Gasteiger charge is -2.57. The average Bonchev–Trinajstić information content (AvgIpc) is 2.38. The summed E-state index contributed by atoms with van der Waals surface area (Å²) in [5.74, 6) is 0. The van der Waals surface area contributed by atoms with Gasteiger partial charge in [0.2, 0.25) is 0 Å². The van der Waals surface area contributed by atoms with Crippen LogP contribution in [0.2, 0.25) is 0 Å². The zero-order chi connectivity index (χ0) is 12.6. The highest BCUT2D eigenvalue weighted by Gasteiger charge is 2.54. The van der Waals surface area contributed by atoms with Gasteiger partial charge in [0.15, 0.2) is 0 Å². The van der Waals surface area contributed by atoms with E-state index in [-0.39, 0.29) is 17.1 Å². The van der Waals surface area contributed by atoms with E-state index in [1.54, 1.807) is 5.06 Å². The van der Waals surface area contributed by atoms with Gasteiger partial charge in [-0.05, 0) is 38.5 Å². The molecule has 0 bridgehead atoms. The minimum Gasteiger partial charge on any atom is -0.328 e. The third kappa shape index (κ3) is 2.00. The Morgan fingerprint density at radius 2 is 1.17 bits per heavy atom. The molecule has 0 unspecified atom stereocenters. The van der Waals surface area contributed by atoms with Crippen molar-refractivity contribution in [3.05, 3.63) is 0 Å². The van der Waals surface area contributed by atoms with E-state index in [0.717, 1.165) is 38.5 Å². The second-order valence-corrected chi connectivity index (χ2v) is 7.03. The highest BCUT2D eigenvalue weighted by molar-refractivity contribution is 5.07. The maximum absolute atomic E-state index is 13.1. The van der Waals surface area contributed by atoms with Crippen molar-refractivity contribution in [2.45, 2.75) is 94.2 Å². The Hall–Kier alpha value is -0.120. The Labute approximate surface area is 111 Å². The summed E-state index contributed by atoms with van der Waals surface area (Å²) >= 11 is 0. The second-order valence-electron chi connectivity index (χ2n) is 7.03. The molecule has 0 atom stereocenters. The number of hydrogen-bond acceptors (Lipinski definition) is 2. The molecule has 0 amide bonds. The summed E-state index contributed by atoms with van der Waals surface area (Å²) in [6.45, 7) is 0. The molecule has 3 heteroatoms. The van der Waals surface area contributed by atoms with Crippen molar-refractivity contribution in [3.8, 4) is 0 Å². The van der Waals surface area contributed by atoms with Gasteiger partial charge in [0.25, 0.3) is 0 Å². The highest BCUT2D eigenvalue weighted by atomic mass is 16.5. The molecule has 1 saturated heterocycles. The number of rotatable bonds is 0. The minimum absolute atomic E-state index is 0.0900. The molecular formula is C15H27N2O. The van der Waals surface area contributed by atoms with Crippen molar-refractivity contribution >= 4 is 0 Å². The van der Waals surface area contributed by atoms with Crippen molar-refractivity contribution < 1.29 is 5.21 Å². The first-order valence-electron chi connectivity index (χ1n) is 7.90. The topological polar surface area (TPSA) is 49.2 Å². The van der Waals surface area contributed by atoms with Gasteiger partial charge in [-0.15, -0.1) is 10.3 Å². The number of hydrogen-bond donors (Lipinski definition) is 1. The molecular weight excluding hydrogens is 224 g/mol. The summed E-state index contributed by atoms with van der Waals surface area (Å²) in [5, 5.41) is 14.7. The first-order chi connectivity index (χ1) is 8.67. The second kappa shape index (κ2) is 4.77. The van der Waals surface area contributed by atoms with Crippen LogP contribution < -0.4 is 5.73 Å². The van der Waals surface area contributed by atoms with Gasteiger partial charge in [-0.2, -0.15) is 0 Å². The molecule has 3 fully saturated rings. The van der Waals surface area contributed by atoms with Crippen LogP contribution in [0.1, 0.15) is 77.0 Å². The van der Waals surface area contributed by atoms with Gasteiger partial charge in [-0.1, -0.05) is 38.5 Å². The van der Waals surface area contributed by atoms with Gasteiger partial charge in [0.1, 0.15) is 0 Å². The van der Waals surface area contributed by atoms with Crippen LogP contribution in [0, 0.1) is 0 Å². The Balaban J connectivity index is 1.86. The largest absolute Gasteiger partial charge is 0.328 e. The molecule has 0 aromatic carbocycles. The van der Waals surface area contributed by atoms with Crippen LogP contribution in [-0.2, 0) is 5.21 Å². The quantitative estimate of drug-likeness (QED) is 0.719. The van der Waals surface area contributed by atoms with Crippen LogP contribution >= 0.6 is 0 Å². The molecule has 3 rings (SSSR count). The molecule has 2 aliphatic carbocycles. The van der Waals surface area contributed by atoms with E-state index >= 15 is 0 Å². The normalized spacial score (nSPS) is 36.0. The van der Waals surface area contributed by atoms with Crippen molar-refractivity contribution in [2.75, 3.05) is 0 Å². The lowest BCUT2D eigenvalue weighted by molar-refractivity contribution is -0.319. The molecule has 3 nitrogen and oxygen atoms in total. The van der Waals surface area contributed by atoms with Gasteiger partial charge in [-0.25, -0.2) is 0 Å². The van der Waals surface area contributed by atoms with Gasteiger partial charge in [0, 0.05) is 6.04 Å². The summed E-state index contributed by atoms with van der Waals surface area (Å²) in [4.78, 5) is 0. The average molecular weight is 251 g/mol. The van der Waals surface area contributed by atoms with Gasteiger partial charge in [0.05, 0.1) is 11.1 Å². The fraction of sp³-hybridized carbons (Fsp3) is 1.00. The molecule has 18 heavy (non-hydrogen) atoms. The molecule has 1 radical (unpaired) electrons. The van der Waals surface area contributed by atoms with Crippen molar-refractivity contribution in [3.63, 3.8) is 0 Å². The third-order valence-electron chi connectivity index (χ3n) is 5.71. The highest BCUT2D eigenvalue weighted by Crippen LogP contribution is 2.50. The van der Waals surface area contributed by atoms with Crippen molar-refractivity contribution in [2.24, 2.45) is 5.73 Å². The van der Waals surface area contributed by atoms with E-state index in [0.29, 0.717) is 0 Å². The van der Waals surface area contributed by atoms with E-state index in [2.05, 4.69) is 0 Å². The maximum Gasteiger partial charge on any atom is 0.0514 e. The smallest absolute Gasteiger partial charge is 0.0514 e. The van der Waals surface area contributed by atoms with Gasteiger partial charge >= 0.3 is 0 Å². The monoisotopic (exact) mass is 251 g/mol. The van der Waals surface area contributed by atoms with Gasteiger partial charge in [-0.3, -0.25) is 0 Å². The molecule has 2 N–H and O–H groups in total. The van der Waals surface area contributed by atoms with Crippen LogP contribution in [0.5, 0.6) is 0 Å². The predicted molar refractivity (Wildman–Crippen MR) is 71.4 cm³/mol. The molecule has 2 saturated carbocycles. The third-order valence-corrected chi connectivity index (χ3v) is 5.71. The summed E-state index contributed by atoms with van der Waals surface area (Å²) in [5.41, 5.74) is 6.16. The first kappa shape index (κ1) is 12.9. The maximum atomic E-state index is 13.1. The molecule has 0 aromatic heterocycles. The van der Waals surface area contributed by atoms with Crippen LogP contribution in [0.15, 0.2) is 0 Å². The number of nitrogens with zero attached hydrogens (tertiary/aromatic N) is 1. The summed E-state index contributed by atoms with van der Waals surface area (Å²) in [6, 6.07) is 0.256. The van der Waals surface area contributed by atoms with Crippen LogP contribution in [0.3, 0.4) is 0 Å². The molecule has 1 aliphatic heterocycles. The zero-order valence-corrected chi connectivity index (χ0v) is 11.5. The standard InChI is InChI=1S/C15H27N2O/c16-13-11-14(7-3-1-4-8-14)17(18)15(12-13)9-5-2-6-10-15/h13H,1-12,16H2. The number of nitrogens with two attached hydrogens (primary N) is 1. The summed E-state index contributed by atoms with van der Waals surface area (Å²) in [7, 11) is 0. The van der Waals surface area contributed by atoms with E-state index in [1.807, 2.05) is 0 Å². The molecule has 1 heterocycles. The molecule has 0 aromatic rings. The fourth-order valence-corrected chi connectivity index (χ4v) is 4.95. The zero-order valence-electron chi connectivity index (χ0n) is 11.5.